The second kappa shape index (κ2) is 5.01. The fourth-order valence-electron chi connectivity index (χ4n) is 2.09. The highest BCUT2D eigenvalue weighted by Gasteiger charge is 2.14. The van der Waals surface area contributed by atoms with Gasteiger partial charge in [-0.15, -0.1) is 0 Å². The zero-order chi connectivity index (χ0) is 10.5. The van der Waals surface area contributed by atoms with Gasteiger partial charge in [0.2, 0.25) is 0 Å². The quantitative estimate of drug-likeness (QED) is 0.827. The molecule has 1 aliphatic carbocycles. The van der Waals surface area contributed by atoms with Gasteiger partial charge in [-0.05, 0) is 30.9 Å². The lowest BCUT2D eigenvalue weighted by atomic mass is 9.90. The third-order valence-corrected chi connectivity index (χ3v) is 3.00. The van der Waals surface area contributed by atoms with Crippen LogP contribution in [-0.2, 0) is 0 Å². The number of hydrogen-bond acceptors (Lipinski definition) is 3. The molecule has 0 amide bonds. The summed E-state index contributed by atoms with van der Waals surface area (Å²) in [4.78, 5) is 4.00. The van der Waals surface area contributed by atoms with Gasteiger partial charge in [0.1, 0.15) is 0 Å². The topological polar surface area (TPSA) is 48.1 Å². The van der Waals surface area contributed by atoms with Gasteiger partial charge in [0, 0.05) is 6.20 Å². The molecule has 0 radical (unpaired) electrons. The van der Waals surface area contributed by atoms with Gasteiger partial charge in [-0.2, -0.15) is 0 Å². The van der Waals surface area contributed by atoms with Gasteiger partial charge < -0.3 is 10.5 Å². The van der Waals surface area contributed by atoms with Crippen molar-refractivity contribution in [2.24, 2.45) is 5.92 Å². The van der Waals surface area contributed by atoms with Crippen molar-refractivity contribution >= 4 is 5.82 Å². The first-order chi connectivity index (χ1) is 7.36. The SMILES string of the molecule is Nc1ncccc1OCC1CCCCC1. The molecule has 2 rings (SSSR count). The van der Waals surface area contributed by atoms with Gasteiger partial charge in [-0.1, -0.05) is 19.3 Å². The summed E-state index contributed by atoms with van der Waals surface area (Å²) in [5.74, 6) is 1.93. The molecule has 82 valence electrons. The molecule has 15 heavy (non-hydrogen) atoms. The van der Waals surface area contributed by atoms with E-state index in [4.69, 9.17) is 10.5 Å². The Bertz CT molecular complexity index is 308. The highest BCUT2D eigenvalue weighted by atomic mass is 16.5. The Balaban J connectivity index is 1.84. The molecule has 1 saturated carbocycles. The van der Waals surface area contributed by atoms with Crippen molar-refractivity contribution in [3.8, 4) is 5.75 Å². The number of rotatable bonds is 3. The van der Waals surface area contributed by atoms with Crippen LogP contribution in [0.25, 0.3) is 0 Å². The van der Waals surface area contributed by atoms with Crippen LogP contribution in [0.15, 0.2) is 18.3 Å². The molecule has 1 aromatic heterocycles. The molecule has 0 atom stereocenters. The van der Waals surface area contributed by atoms with Crippen LogP contribution in [0, 0.1) is 5.92 Å². The first-order valence-electron chi connectivity index (χ1n) is 5.69. The predicted octanol–water partition coefficient (Wildman–Crippen LogP) is 2.62. The van der Waals surface area contributed by atoms with E-state index in [1.165, 1.54) is 32.1 Å². The van der Waals surface area contributed by atoms with E-state index in [2.05, 4.69) is 4.98 Å². The third kappa shape index (κ3) is 2.85. The predicted molar refractivity (Wildman–Crippen MR) is 60.7 cm³/mol. The Labute approximate surface area is 90.7 Å². The minimum Gasteiger partial charge on any atom is -0.489 e. The number of nitrogens with zero attached hydrogens (tertiary/aromatic N) is 1. The highest BCUT2D eigenvalue weighted by Crippen LogP contribution is 2.25. The second-order valence-corrected chi connectivity index (χ2v) is 4.20. The van der Waals surface area contributed by atoms with Gasteiger partial charge in [0.15, 0.2) is 11.6 Å². The molecule has 3 nitrogen and oxygen atoms in total. The average Bonchev–Trinajstić information content (AvgIpc) is 2.29. The molecular weight excluding hydrogens is 188 g/mol. The van der Waals surface area contributed by atoms with Crippen molar-refractivity contribution in [3.05, 3.63) is 18.3 Å². The summed E-state index contributed by atoms with van der Waals surface area (Å²) in [5.41, 5.74) is 5.70. The summed E-state index contributed by atoms with van der Waals surface area (Å²) >= 11 is 0. The van der Waals surface area contributed by atoms with Crippen LogP contribution >= 0.6 is 0 Å². The highest BCUT2D eigenvalue weighted by molar-refractivity contribution is 5.44. The van der Waals surface area contributed by atoms with Crippen molar-refractivity contribution in [2.75, 3.05) is 12.3 Å². The molecule has 1 heterocycles. The molecule has 0 aromatic carbocycles. The zero-order valence-electron chi connectivity index (χ0n) is 8.98. The van der Waals surface area contributed by atoms with Gasteiger partial charge in [-0.25, -0.2) is 4.98 Å². The fraction of sp³-hybridized carbons (Fsp3) is 0.583. The molecule has 2 N–H and O–H groups in total. The summed E-state index contributed by atoms with van der Waals surface area (Å²) in [6.07, 6.45) is 8.34. The molecule has 0 unspecified atom stereocenters. The molecule has 1 aliphatic rings. The standard InChI is InChI=1S/C12H18N2O/c13-12-11(7-4-8-14-12)15-9-10-5-2-1-3-6-10/h4,7-8,10H,1-3,5-6,9H2,(H2,13,14). The first-order valence-corrected chi connectivity index (χ1v) is 5.69. The van der Waals surface area contributed by atoms with Crippen molar-refractivity contribution in [2.45, 2.75) is 32.1 Å². The van der Waals surface area contributed by atoms with E-state index in [0.717, 1.165) is 12.4 Å². The second-order valence-electron chi connectivity index (χ2n) is 4.20. The number of nitrogen functional groups attached to an aromatic ring is 1. The number of pyridine rings is 1. The van der Waals surface area contributed by atoms with Gasteiger partial charge in [0.05, 0.1) is 6.61 Å². The largest absolute Gasteiger partial charge is 0.489 e. The number of hydrogen-bond donors (Lipinski definition) is 1. The molecule has 0 spiro atoms. The lowest BCUT2D eigenvalue weighted by molar-refractivity contribution is 0.209. The fourth-order valence-corrected chi connectivity index (χ4v) is 2.09. The van der Waals surface area contributed by atoms with Crippen molar-refractivity contribution in [1.29, 1.82) is 0 Å². The lowest BCUT2D eigenvalue weighted by Gasteiger charge is -2.21. The number of anilines is 1. The Hall–Kier alpha value is -1.25. The van der Waals surface area contributed by atoms with Gasteiger partial charge in [-0.3, -0.25) is 0 Å². The minimum atomic E-state index is 0.494. The monoisotopic (exact) mass is 206 g/mol. The van der Waals surface area contributed by atoms with Gasteiger partial charge >= 0.3 is 0 Å². The maximum Gasteiger partial charge on any atom is 0.166 e. The molecule has 1 fully saturated rings. The van der Waals surface area contributed by atoms with Crippen LogP contribution in [0.5, 0.6) is 5.75 Å². The van der Waals surface area contributed by atoms with E-state index in [1.54, 1.807) is 6.20 Å². The van der Waals surface area contributed by atoms with E-state index in [9.17, 15) is 0 Å². The Kier molecular flexibility index (Phi) is 3.43. The van der Waals surface area contributed by atoms with Crippen LogP contribution in [0.2, 0.25) is 0 Å². The maximum absolute atomic E-state index is 5.70. The van der Waals surface area contributed by atoms with Crippen LogP contribution in [0.3, 0.4) is 0 Å². The van der Waals surface area contributed by atoms with E-state index in [-0.39, 0.29) is 0 Å². The van der Waals surface area contributed by atoms with E-state index < -0.39 is 0 Å². The number of aromatic nitrogens is 1. The van der Waals surface area contributed by atoms with Crippen LogP contribution in [0.1, 0.15) is 32.1 Å². The first kappa shape index (κ1) is 10.3. The summed E-state index contributed by atoms with van der Waals surface area (Å²) in [7, 11) is 0. The molecule has 0 bridgehead atoms. The van der Waals surface area contributed by atoms with E-state index >= 15 is 0 Å². The average molecular weight is 206 g/mol. The van der Waals surface area contributed by atoms with E-state index in [1.807, 2.05) is 12.1 Å². The summed E-state index contributed by atoms with van der Waals surface area (Å²) in [5, 5.41) is 0. The Morgan fingerprint density at radius 1 is 1.33 bits per heavy atom. The Morgan fingerprint density at radius 2 is 2.13 bits per heavy atom. The summed E-state index contributed by atoms with van der Waals surface area (Å²) < 4.78 is 5.69. The van der Waals surface area contributed by atoms with Gasteiger partial charge in [0.25, 0.3) is 0 Å². The molecule has 1 aromatic rings. The lowest BCUT2D eigenvalue weighted by Crippen LogP contribution is -2.15. The number of ether oxygens (including phenoxy) is 1. The Morgan fingerprint density at radius 3 is 2.87 bits per heavy atom. The molecule has 0 saturated heterocycles. The minimum absolute atomic E-state index is 0.494. The maximum atomic E-state index is 5.70. The normalized spacial score (nSPS) is 17.6. The summed E-state index contributed by atoms with van der Waals surface area (Å²) in [6.45, 7) is 0.788. The van der Waals surface area contributed by atoms with Crippen LogP contribution < -0.4 is 10.5 Å². The van der Waals surface area contributed by atoms with E-state index in [0.29, 0.717) is 11.7 Å². The number of nitrogens with two attached hydrogens (primary N) is 1. The smallest absolute Gasteiger partial charge is 0.166 e. The molecule has 0 aliphatic heterocycles. The van der Waals surface area contributed by atoms with Crippen molar-refractivity contribution < 1.29 is 4.74 Å². The third-order valence-electron chi connectivity index (χ3n) is 3.00. The zero-order valence-corrected chi connectivity index (χ0v) is 8.98. The van der Waals surface area contributed by atoms with Crippen LogP contribution in [-0.4, -0.2) is 11.6 Å². The van der Waals surface area contributed by atoms with Crippen LogP contribution in [0.4, 0.5) is 5.82 Å². The molecule has 3 heteroatoms. The summed E-state index contributed by atoms with van der Waals surface area (Å²) in [6, 6.07) is 3.73. The molecular formula is C12H18N2O. The van der Waals surface area contributed by atoms with Crippen molar-refractivity contribution in [1.82, 2.24) is 4.98 Å². The van der Waals surface area contributed by atoms with Crippen molar-refractivity contribution in [3.63, 3.8) is 0 Å².